The molecule has 0 N–H and O–H groups in total. The summed E-state index contributed by atoms with van der Waals surface area (Å²) in [6, 6.07) is 6.69. The lowest BCUT2D eigenvalue weighted by atomic mass is 10.0. The van der Waals surface area contributed by atoms with Gasteiger partial charge in [-0.05, 0) is 42.4 Å². The molecule has 2 rings (SSSR count). The van der Waals surface area contributed by atoms with E-state index in [0.717, 1.165) is 6.42 Å². The van der Waals surface area contributed by atoms with Crippen LogP contribution in [0.2, 0.25) is 0 Å². The third kappa shape index (κ3) is 3.32. The fourth-order valence-corrected chi connectivity index (χ4v) is 2.98. The second kappa shape index (κ2) is 5.67. The number of hydrogen-bond donors (Lipinski definition) is 0. The van der Waals surface area contributed by atoms with E-state index in [-0.39, 0.29) is 10.8 Å². The predicted octanol–water partition coefficient (Wildman–Crippen LogP) is 3.04. The minimum Gasteiger partial charge on any atom is -0.469 e. The van der Waals surface area contributed by atoms with Gasteiger partial charge in [0.05, 0.1) is 13.5 Å². The van der Waals surface area contributed by atoms with Crippen molar-refractivity contribution < 1.29 is 9.53 Å². The highest BCUT2D eigenvalue weighted by Crippen LogP contribution is 2.24. The van der Waals surface area contributed by atoms with Crippen molar-refractivity contribution >= 4 is 21.9 Å². The summed E-state index contributed by atoms with van der Waals surface area (Å²) in [6.07, 6.45) is 5.00. The van der Waals surface area contributed by atoms with Crippen LogP contribution in [0, 0.1) is 0 Å². The molecule has 0 saturated carbocycles. The fourth-order valence-electron chi connectivity index (χ4n) is 2.34. The number of halogens is 1. The minimum atomic E-state index is -0.159. The van der Waals surface area contributed by atoms with Crippen LogP contribution in [0.4, 0.5) is 0 Å². The molecule has 17 heavy (non-hydrogen) atoms. The molecule has 0 heterocycles. The minimum absolute atomic E-state index is 0.159. The van der Waals surface area contributed by atoms with Gasteiger partial charge in [0.25, 0.3) is 0 Å². The molecule has 1 atom stereocenters. The van der Waals surface area contributed by atoms with Crippen molar-refractivity contribution in [1.82, 2.24) is 0 Å². The van der Waals surface area contributed by atoms with E-state index in [9.17, 15) is 4.79 Å². The van der Waals surface area contributed by atoms with Crippen LogP contribution in [0.5, 0.6) is 0 Å². The molecule has 0 fully saturated rings. The Bertz CT molecular complexity index is 415. The van der Waals surface area contributed by atoms with Crippen molar-refractivity contribution in [3.8, 4) is 0 Å². The maximum Gasteiger partial charge on any atom is 0.306 e. The number of carbonyl (C=O) groups is 1. The number of hydrogen-bond acceptors (Lipinski definition) is 2. The highest BCUT2D eigenvalue weighted by atomic mass is 79.9. The van der Waals surface area contributed by atoms with Crippen LogP contribution in [-0.2, 0) is 28.8 Å². The van der Waals surface area contributed by atoms with Crippen LogP contribution in [0.25, 0.3) is 0 Å². The van der Waals surface area contributed by atoms with Crippen LogP contribution in [0.15, 0.2) is 18.2 Å². The average molecular weight is 297 g/mol. The van der Waals surface area contributed by atoms with E-state index < -0.39 is 0 Å². The Balaban J connectivity index is 1.97. The third-order valence-electron chi connectivity index (χ3n) is 3.24. The summed E-state index contributed by atoms with van der Waals surface area (Å²) in [6.45, 7) is 0. The van der Waals surface area contributed by atoms with Crippen LogP contribution in [0.3, 0.4) is 0 Å². The van der Waals surface area contributed by atoms with E-state index in [0.29, 0.717) is 6.42 Å². The first-order chi connectivity index (χ1) is 8.19. The zero-order valence-corrected chi connectivity index (χ0v) is 11.6. The predicted molar refractivity (Wildman–Crippen MR) is 71.5 cm³/mol. The molecule has 0 bridgehead atoms. The zero-order chi connectivity index (χ0) is 12.3. The monoisotopic (exact) mass is 296 g/mol. The summed E-state index contributed by atoms with van der Waals surface area (Å²) in [5.74, 6) is -0.159. The van der Waals surface area contributed by atoms with Gasteiger partial charge in [0, 0.05) is 4.83 Å². The molecule has 2 nitrogen and oxygen atoms in total. The molecule has 0 aromatic heterocycles. The first kappa shape index (κ1) is 12.6. The van der Waals surface area contributed by atoms with Gasteiger partial charge in [-0.15, -0.1) is 0 Å². The Labute approximate surface area is 110 Å². The van der Waals surface area contributed by atoms with Crippen molar-refractivity contribution in [2.45, 2.75) is 36.9 Å². The second-order valence-corrected chi connectivity index (χ2v) is 5.83. The average Bonchev–Trinajstić information content (AvgIpc) is 2.75. The summed E-state index contributed by atoms with van der Waals surface area (Å²) < 4.78 is 4.66. The van der Waals surface area contributed by atoms with Gasteiger partial charge in [0.2, 0.25) is 0 Å². The van der Waals surface area contributed by atoms with Crippen LogP contribution < -0.4 is 0 Å². The van der Waals surface area contributed by atoms with Gasteiger partial charge in [-0.3, -0.25) is 4.79 Å². The molecular weight excluding hydrogens is 280 g/mol. The smallest absolute Gasteiger partial charge is 0.306 e. The number of benzene rings is 1. The molecule has 92 valence electrons. The standard InChI is InChI=1S/C14H17BrO2/c1-17-14(16)9-13(15)8-10-5-6-11-3-2-4-12(11)7-10/h5-7,13H,2-4,8-9H2,1H3. The van der Waals surface area contributed by atoms with E-state index in [4.69, 9.17) is 0 Å². The van der Waals surface area contributed by atoms with E-state index in [1.165, 1.54) is 43.1 Å². The number of rotatable bonds is 4. The van der Waals surface area contributed by atoms with Gasteiger partial charge in [0.1, 0.15) is 0 Å². The molecule has 0 spiro atoms. The van der Waals surface area contributed by atoms with Gasteiger partial charge in [-0.2, -0.15) is 0 Å². The Morgan fingerprint density at radius 2 is 2.18 bits per heavy atom. The Hall–Kier alpha value is -0.830. The quantitative estimate of drug-likeness (QED) is 0.631. The zero-order valence-electron chi connectivity index (χ0n) is 10.0. The van der Waals surface area contributed by atoms with E-state index >= 15 is 0 Å². The number of ether oxygens (including phenoxy) is 1. The topological polar surface area (TPSA) is 26.3 Å². The first-order valence-corrected chi connectivity index (χ1v) is 6.92. The summed E-state index contributed by atoms with van der Waals surface area (Å²) >= 11 is 3.54. The lowest BCUT2D eigenvalue weighted by Gasteiger charge is -2.10. The molecular formula is C14H17BrO2. The fraction of sp³-hybridized carbons (Fsp3) is 0.500. The van der Waals surface area contributed by atoms with E-state index in [1.54, 1.807) is 0 Å². The molecule has 0 saturated heterocycles. The Morgan fingerprint density at radius 1 is 1.41 bits per heavy atom. The number of aryl methyl sites for hydroxylation is 2. The third-order valence-corrected chi connectivity index (χ3v) is 3.88. The normalized spacial score (nSPS) is 15.4. The molecule has 3 heteroatoms. The maximum atomic E-state index is 11.1. The molecule has 1 unspecified atom stereocenters. The van der Waals surface area contributed by atoms with Crippen molar-refractivity contribution in [2.24, 2.45) is 0 Å². The van der Waals surface area contributed by atoms with Crippen LogP contribution in [-0.4, -0.2) is 17.9 Å². The van der Waals surface area contributed by atoms with Gasteiger partial charge >= 0.3 is 5.97 Å². The molecule has 0 aliphatic heterocycles. The molecule has 0 amide bonds. The molecule has 1 aromatic rings. The van der Waals surface area contributed by atoms with Crippen LogP contribution in [0.1, 0.15) is 29.5 Å². The first-order valence-electron chi connectivity index (χ1n) is 6.00. The summed E-state index contributed by atoms with van der Waals surface area (Å²) in [4.78, 5) is 11.3. The summed E-state index contributed by atoms with van der Waals surface area (Å²) in [7, 11) is 1.43. The largest absolute Gasteiger partial charge is 0.469 e. The van der Waals surface area contributed by atoms with Gasteiger partial charge in [0.15, 0.2) is 0 Å². The SMILES string of the molecule is COC(=O)CC(Br)Cc1ccc2c(c1)CCC2. The molecule has 1 aliphatic carbocycles. The molecule has 1 aromatic carbocycles. The number of carbonyl (C=O) groups excluding carboxylic acids is 1. The lowest BCUT2D eigenvalue weighted by Crippen LogP contribution is -2.11. The van der Waals surface area contributed by atoms with Crippen molar-refractivity contribution in [3.05, 3.63) is 34.9 Å². The van der Waals surface area contributed by atoms with E-state index in [2.05, 4.69) is 38.9 Å². The van der Waals surface area contributed by atoms with Crippen molar-refractivity contribution in [3.63, 3.8) is 0 Å². The van der Waals surface area contributed by atoms with Crippen LogP contribution >= 0.6 is 15.9 Å². The number of alkyl halides is 1. The Morgan fingerprint density at radius 3 is 2.94 bits per heavy atom. The van der Waals surface area contributed by atoms with Gasteiger partial charge in [-0.1, -0.05) is 34.1 Å². The highest BCUT2D eigenvalue weighted by molar-refractivity contribution is 9.09. The second-order valence-electron chi connectivity index (χ2n) is 4.54. The molecule has 0 radical (unpaired) electrons. The van der Waals surface area contributed by atoms with Crippen molar-refractivity contribution in [2.75, 3.05) is 7.11 Å². The number of methoxy groups -OCH3 is 1. The highest BCUT2D eigenvalue weighted by Gasteiger charge is 2.14. The van der Waals surface area contributed by atoms with Gasteiger partial charge < -0.3 is 4.74 Å². The summed E-state index contributed by atoms with van der Waals surface area (Å²) in [5, 5.41) is 0. The molecule has 1 aliphatic rings. The maximum absolute atomic E-state index is 11.1. The summed E-state index contributed by atoms with van der Waals surface area (Å²) in [5.41, 5.74) is 4.28. The lowest BCUT2D eigenvalue weighted by molar-refractivity contribution is -0.140. The Kier molecular flexibility index (Phi) is 4.21. The number of esters is 1. The van der Waals surface area contributed by atoms with E-state index in [1.807, 2.05) is 0 Å². The number of fused-ring (bicyclic) bond motifs is 1. The van der Waals surface area contributed by atoms with Gasteiger partial charge in [-0.25, -0.2) is 0 Å². The van der Waals surface area contributed by atoms with Crippen molar-refractivity contribution in [1.29, 1.82) is 0 Å².